The molecule has 5 heteroatoms. The molecule has 2 N–H and O–H groups in total. The van der Waals surface area contributed by atoms with E-state index >= 15 is 0 Å². The predicted octanol–water partition coefficient (Wildman–Crippen LogP) is 1.82. The summed E-state index contributed by atoms with van der Waals surface area (Å²) in [5.41, 5.74) is 5.35. The number of carbonyl (C=O) groups is 1. The van der Waals surface area contributed by atoms with Crippen LogP contribution in [0.3, 0.4) is 0 Å². The number of benzene rings is 1. The van der Waals surface area contributed by atoms with Crippen molar-refractivity contribution in [3.8, 4) is 0 Å². The maximum Gasteiger partial charge on any atom is 0.159 e. The van der Waals surface area contributed by atoms with Gasteiger partial charge in [-0.05, 0) is 24.1 Å². The van der Waals surface area contributed by atoms with E-state index in [4.69, 9.17) is 10.5 Å². The number of carbonyl (C=O) groups excluding carboxylic acids is 1. The van der Waals surface area contributed by atoms with Crippen LogP contribution in [0.1, 0.15) is 12.0 Å². The van der Waals surface area contributed by atoms with Crippen molar-refractivity contribution in [1.82, 2.24) is 0 Å². The van der Waals surface area contributed by atoms with E-state index in [1.165, 1.54) is 6.07 Å². The van der Waals surface area contributed by atoms with Gasteiger partial charge in [0, 0.05) is 17.5 Å². The van der Waals surface area contributed by atoms with Gasteiger partial charge in [-0.15, -0.1) is 0 Å². The molecule has 0 aliphatic carbocycles. The fraction of sp³-hybridized carbons (Fsp3) is 0.417. The Hall–Kier alpha value is -0.780. The van der Waals surface area contributed by atoms with Crippen molar-refractivity contribution in [2.24, 2.45) is 5.73 Å². The number of ether oxygens (including phenoxy) is 1. The number of halogens is 2. The van der Waals surface area contributed by atoms with Crippen LogP contribution in [-0.2, 0) is 16.0 Å². The smallest absolute Gasteiger partial charge is 0.159 e. The van der Waals surface area contributed by atoms with Gasteiger partial charge < -0.3 is 10.5 Å². The zero-order valence-electron chi connectivity index (χ0n) is 9.21. The second-order valence-electron chi connectivity index (χ2n) is 4.29. The summed E-state index contributed by atoms with van der Waals surface area (Å²) in [6.07, 6.45) is 0.517. The van der Waals surface area contributed by atoms with Crippen molar-refractivity contribution in [2.75, 3.05) is 13.2 Å². The van der Waals surface area contributed by atoms with E-state index in [2.05, 4.69) is 15.9 Å². The second kappa shape index (κ2) is 4.84. The standard InChI is InChI=1S/C12H13BrFNO2/c13-9-2-1-8(10(14)6-9)5-11(16)12(15)3-4-17-7-12/h1-2,6H,3-5,7,15H2. The van der Waals surface area contributed by atoms with E-state index in [9.17, 15) is 9.18 Å². The number of Topliss-reactive ketones (excluding diaryl/α,β-unsaturated/α-hetero) is 1. The summed E-state index contributed by atoms with van der Waals surface area (Å²) in [6, 6.07) is 4.65. The van der Waals surface area contributed by atoms with Gasteiger partial charge >= 0.3 is 0 Å². The Bertz CT molecular complexity index is 444. The highest BCUT2D eigenvalue weighted by Crippen LogP contribution is 2.21. The van der Waals surface area contributed by atoms with Crippen LogP contribution in [0, 0.1) is 5.82 Å². The summed E-state index contributed by atoms with van der Waals surface area (Å²) in [5.74, 6) is -0.563. The molecule has 0 spiro atoms. The molecule has 1 heterocycles. The van der Waals surface area contributed by atoms with Crippen LogP contribution in [0.2, 0.25) is 0 Å². The highest BCUT2D eigenvalue weighted by molar-refractivity contribution is 9.10. The summed E-state index contributed by atoms with van der Waals surface area (Å²) in [6.45, 7) is 0.717. The Kier molecular flexibility index (Phi) is 3.61. The van der Waals surface area contributed by atoms with Gasteiger partial charge in [0.25, 0.3) is 0 Å². The predicted molar refractivity (Wildman–Crippen MR) is 65.2 cm³/mol. The van der Waals surface area contributed by atoms with E-state index in [1.54, 1.807) is 12.1 Å². The SMILES string of the molecule is NC1(C(=O)Cc2ccc(Br)cc2F)CCOC1. The summed E-state index contributed by atoms with van der Waals surface area (Å²) in [5, 5.41) is 0. The molecule has 1 aromatic carbocycles. The molecule has 1 saturated heterocycles. The number of hydrogen-bond acceptors (Lipinski definition) is 3. The van der Waals surface area contributed by atoms with E-state index < -0.39 is 11.4 Å². The summed E-state index contributed by atoms with van der Waals surface area (Å²) in [7, 11) is 0. The molecule has 0 amide bonds. The molecule has 2 rings (SSSR count). The van der Waals surface area contributed by atoms with Crippen LogP contribution in [-0.4, -0.2) is 24.5 Å². The van der Waals surface area contributed by atoms with Gasteiger partial charge in [0.05, 0.1) is 6.61 Å². The van der Waals surface area contributed by atoms with Crippen LogP contribution in [0.25, 0.3) is 0 Å². The zero-order valence-corrected chi connectivity index (χ0v) is 10.8. The van der Waals surface area contributed by atoms with Gasteiger partial charge in [-0.2, -0.15) is 0 Å². The van der Waals surface area contributed by atoms with Crippen LogP contribution in [0.5, 0.6) is 0 Å². The van der Waals surface area contributed by atoms with Crippen molar-refractivity contribution in [3.63, 3.8) is 0 Å². The lowest BCUT2D eigenvalue weighted by Gasteiger charge is -2.19. The molecule has 17 heavy (non-hydrogen) atoms. The Balaban J connectivity index is 2.13. The minimum atomic E-state index is -0.945. The minimum Gasteiger partial charge on any atom is -0.379 e. The second-order valence-corrected chi connectivity index (χ2v) is 5.21. The zero-order chi connectivity index (χ0) is 12.5. The molecule has 1 atom stereocenters. The third-order valence-corrected chi connectivity index (χ3v) is 3.47. The molecule has 1 aromatic rings. The largest absolute Gasteiger partial charge is 0.379 e. The van der Waals surface area contributed by atoms with Crippen LogP contribution < -0.4 is 5.73 Å². The van der Waals surface area contributed by atoms with Crippen molar-refractivity contribution < 1.29 is 13.9 Å². The molecule has 0 saturated carbocycles. The van der Waals surface area contributed by atoms with Crippen LogP contribution >= 0.6 is 15.9 Å². The molecular weight excluding hydrogens is 289 g/mol. The third-order valence-electron chi connectivity index (χ3n) is 2.97. The van der Waals surface area contributed by atoms with Crippen LogP contribution in [0.4, 0.5) is 4.39 Å². The van der Waals surface area contributed by atoms with Gasteiger partial charge in [-0.25, -0.2) is 4.39 Å². The number of ketones is 1. The van der Waals surface area contributed by atoms with Crippen molar-refractivity contribution >= 4 is 21.7 Å². The lowest BCUT2D eigenvalue weighted by atomic mass is 9.90. The fourth-order valence-electron chi connectivity index (χ4n) is 1.81. The van der Waals surface area contributed by atoms with Crippen molar-refractivity contribution in [3.05, 3.63) is 34.1 Å². The lowest BCUT2D eigenvalue weighted by molar-refractivity contribution is -0.123. The van der Waals surface area contributed by atoms with Crippen molar-refractivity contribution in [1.29, 1.82) is 0 Å². The topological polar surface area (TPSA) is 52.3 Å². The Morgan fingerprint density at radius 1 is 1.59 bits per heavy atom. The molecule has 0 bridgehead atoms. The van der Waals surface area contributed by atoms with E-state index in [0.717, 1.165) is 0 Å². The number of hydrogen-bond donors (Lipinski definition) is 1. The maximum absolute atomic E-state index is 13.6. The molecule has 1 aliphatic heterocycles. The van der Waals surface area contributed by atoms with E-state index in [1.807, 2.05) is 0 Å². The average molecular weight is 302 g/mol. The van der Waals surface area contributed by atoms with Gasteiger partial charge in [-0.1, -0.05) is 22.0 Å². The third kappa shape index (κ3) is 2.73. The highest BCUT2D eigenvalue weighted by atomic mass is 79.9. The normalized spacial score (nSPS) is 23.9. The minimum absolute atomic E-state index is 0.0129. The molecule has 1 aliphatic rings. The first-order valence-corrected chi connectivity index (χ1v) is 6.14. The first-order chi connectivity index (χ1) is 8.01. The Labute approximate surface area is 107 Å². The first kappa shape index (κ1) is 12.7. The van der Waals surface area contributed by atoms with Crippen LogP contribution in [0.15, 0.2) is 22.7 Å². The van der Waals surface area contributed by atoms with Gasteiger partial charge in [0.2, 0.25) is 0 Å². The maximum atomic E-state index is 13.6. The molecule has 3 nitrogen and oxygen atoms in total. The summed E-state index contributed by atoms with van der Waals surface area (Å²) in [4.78, 5) is 12.0. The molecule has 0 radical (unpaired) electrons. The molecular formula is C12H13BrFNO2. The summed E-state index contributed by atoms with van der Waals surface area (Å²) >= 11 is 3.17. The van der Waals surface area contributed by atoms with Gasteiger partial charge in [0.15, 0.2) is 5.78 Å². The quantitative estimate of drug-likeness (QED) is 0.926. The Morgan fingerprint density at radius 3 is 2.94 bits per heavy atom. The number of nitrogens with two attached hydrogens (primary N) is 1. The molecule has 0 aromatic heterocycles. The molecule has 1 unspecified atom stereocenters. The van der Waals surface area contributed by atoms with Gasteiger partial charge in [-0.3, -0.25) is 4.79 Å². The van der Waals surface area contributed by atoms with Gasteiger partial charge in [0.1, 0.15) is 11.4 Å². The highest BCUT2D eigenvalue weighted by Gasteiger charge is 2.37. The average Bonchev–Trinajstić information content (AvgIpc) is 2.71. The fourth-order valence-corrected chi connectivity index (χ4v) is 2.15. The summed E-state index contributed by atoms with van der Waals surface area (Å²) < 4.78 is 19.3. The lowest BCUT2D eigenvalue weighted by Crippen LogP contribution is -2.49. The molecule has 92 valence electrons. The molecule has 1 fully saturated rings. The Morgan fingerprint density at radius 2 is 2.35 bits per heavy atom. The monoisotopic (exact) mass is 301 g/mol. The van der Waals surface area contributed by atoms with Crippen molar-refractivity contribution in [2.45, 2.75) is 18.4 Å². The van der Waals surface area contributed by atoms with E-state index in [0.29, 0.717) is 23.1 Å². The first-order valence-electron chi connectivity index (χ1n) is 5.35. The van der Waals surface area contributed by atoms with E-state index in [-0.39, 0.29) is 18.8 Å². The number of rotatable bonds is 3.